The molecule has 0 unspecified atom stereocenters. The number of anilines is 1. The molecule has 8 nitrogen and oxygen atoms in total. The maximum Gasteiger partial charge on any atom is 0.189 e. The SMILES string of the molecule is COc1ccc(/C=N\Nc2ccc3nnc(-c4c(F)cccc4Cl)n3n2)c(OC)c1. The molecule has 2 heterocycles. The largest absolute Gasteiger partial charge is 0.497 e. The normalized spacial score (nSPS) is 11.2. The molecule has 0 atom stereocenters. The number of hydrogen-bond acceptors (Lipinski definition) is 7. The number of methoxy groups -OCH3 is 2. The summed E-state index contributed by atoms with van der Waals surface area (Å²) in [6.07, 6.45) is 1.59. The minimum Gasteiger partial charge on any atom is -0.497 e. The number of hydrogen-bond donors (Lipinski definition) is 1. The van der Waals surface area contributed by atoms with Crippen LogP contribution in [0.4, 0.5) is 10.2 Å². The Morgan fingerprint density at radius 1 is 1.10 bits per heavy atom. The molecule has 2 aromatic heterocycles. The molecular weight excluding hydrogens is 411 g/mol. The highest BCUT2D eigenvalue weighted by Gasteiger charge is 2.17. The molecule has 1 N–H and O–H groups in total. The van der Waals surface area contributed by atoms with Gasteiger partial charge in [-0.05, 0) is 36.4 Å². The number of nitrogens with zero attached hydrogens (tertiary/aromatic N) is 5. The van der Waals surface area contributed by atoms with Crippen molar-refractivity contribution in [3.8, 4) is 22.9 Å². The highest BCUT2D eigenvalue weighted by molar-refractivity contribution is 6.33. The monoisotopic (exact) mass is 426 g/mol. The maximum atomic E-state index is 14.3. The van der Waals surface area contributed by atoms with Gasteiger partial charge in [-0.25, -0.2) is 4.39 Å². The lowest BCUT2D eigenvalue weighted by atomic mass is 10.2. The number of hydrazone groups is 1. The van der Waals surface area contributed by atoms with Gasteiger partial charge in [0.15, 0.2) is 17.3 Å². The second-order valence-electron chi connectivity index (χ2n) is 6.09. The van der Waals surface area contributed by atoms with E-state index in [1.807, 2.05) is 6.07 Å². The molecule has 0 amide bonds. The average molecular weight is 427 g/mol. The Hall–Kier alpha value is -3.72. The van der Waals surface area contributed by atoms with Crippen molar-refractivity contribution in [3.05, 3.63) is 64.9 Å². The Bertz CT molecular complexity index is 1220. The molecule has 30 heavy (non-hydrogen) atoms. The van der Waals surface area contributed by atoms with Crippen LogP contribution in [0, 0.1) is 5.82 Å². The quantitative estimate of drug-likeness (QED) is 0.370. The van der Waals surface area contributed by atoms with Crippen molar-refractivity contribution in [3.63, 3.8) is 0 Å². The van der Waals surface area contributed by atoms with Crippen molar-refractivity contribution in [2.75, 3.05) is 19.6 Å². The minimum atomic E-state index is -0.512. The van der Waals surface area contributed by atoms with Crippen LogP contribution in [0.2, 0.25) is 5.02 Å². The van der Waals surface area contributed by atoms with E-state index in [1.165, 1.54) is 16.6 Å². The lowest BCUT2D eigenvalue weighted by Crippen LogP contribution is -2.02. The maximum absolute atomic E-state index is 14.3. The molecule has 0 spiro atoms. The second-order valence-corrected chi connectivity index (χ2v) is 6.49. The number of nitrogens with one attached hydrogen (secondary N) is 1. The van der Waals surface area contributed by atoms with Gasteiger partial charge in [0.25, 0.3) is 0 Å². The van der Waals surface area contributed by atoms with E-state index in [2.05, 4.69) is 25.8 Å². The number of benzene rings is 2. The fourth-order valence-corrected chi connectivity index (χ4v) is 3.06. The number of rotatable bonds is 6. The summed E-state index contributed by atoms with van der Waals surface area (Å²) in [5, 5.41) is 16.8. The predicted octanol–water partition coefficient (Wildman–Crippen LogP) is 4.05. The third kappa shape index (κ3) is 3.74. The molecule has 0 aliphatic heterocycles. The van der Waals surface area contributed by atoms with Crippen molar-refractivity contribution in [1.82, 2.24) is 19.8 Å². The molecular formula is C20H16ClFN6O2. The van der Waals surface area contributed by atoms with Gasteiger partial charge in [0.05, 0.1) is 31.0 Å². The fourth-order valence-electron chi connectivity index (χ4n) is 2.81. The summed E-state index contributed by atoms with van der Waals surface area (Å²) < 4.78 is 26.2. The van der Waals surface area contributed by atoms with Crippen LogP contribution in [-0.2, 0) is 0 Å². The lowest BCUT2D eigenvalue weighted by molar-refractivity contribution is 0.394. The third-order valence-electron chi connectivity index (χ3n) is 4.27. The molecule has 2 aromatic carbocycles. The first-order valence-electron chi connectivity index (χ1n) is 8.78. The van der Waals surface area contributed by atoms with Gasteiger partial charge in [-0.3, -0.25) is 5.43 Å². The zero-order valence-electron chi connectivity index (χ0n) is 16.0. The molecule has 0 fully saturated rings. The Morgan fingerprint density at radius 2 is 1.97 bits per heavy atom. The summed E-state index contributed by atoms with van der Waals surface area (Å²) in [4.78, 5) is 0. The van der Waals surface area contributed by atoms with Crippen LogP contribution in [0.3, 0.4) is 0 Å². The van der Waals surface area contributed by atoms with E-state index in [0.29, 0.717) is 23.0 Å². The summed E-state index contributed by atoms with van der Waals surface area (Å²) in [6.45, 7) is 0. The van der Waals surface area contributed by atoms with Crippen molar-refractivity contribution in [1.29, 1.82) is 0 Å². The van der Waals surface area contributed by atoms with E-state index in [1.54, 1.807) is 50.8 Å². The van der Waals surface area contributed by atoms with Gasteiger partial charge in [0.2, 0.25) is 0 Å². The first kappa shape index (κ1) is 19.6. The van der Waals surface area contributed by atoms with Crippen molar-refractivity contribution < 1.29 is 13.9 Å². The Morgan fingerprint density at radius 3 is 2.73 bits per heavy atom. The number of halogens is 2. The minimum absolute atomic E-state index is 0.128. The number of fused-ring (bicyclic) bond motifs is 1. The Balaban J connectivity index is 1.63. The smallest absolute Gasteiger partial charge is 0.189 e. The van der Waals surface area contributed by atoms with Crippen molar-refractivity contribution in [2.45, 2.75) is 0 Å². The number of aromatic nitrogens is 4. The van der Waals surface area contributed by atoms with Gasteiger partial charge in [-0.1, -0.05) is 17.7 Å². The molecule has 152 valence electrons. The van der Waals surface area contributed by atoms with Gasteiger partial charge in [0, 0.05) is 11.6 Å². The van der Waals surface area contributed by atoms with E-state index >= 15 is 0 Å². The van der Waals surface area contributed by atoms with Crippen LogP contribution in [0.15, 0.2) is 53.6 Å². The molecule has 0 bridgehead atoms. The summed E-state index contributed by atoms with van der Waals surface area (Å²) in [5.74, 6) is 1.37. The number of ether oxygens (including phenoxy) is 2. The molecule has 10 heteroatoms. The van der Waals surface area contributed by atoms with Crippen molar-refractivity contribution in [2.24, 2.45) is 5.10 Å². The van der Waals surface area contributed by atoms with Gasteiger partial charge in [-0.15, -0.1) is 15.3 Å². The van der Waals surface area contributed by atoms with Gasteiger partial charge in [0.1, 0.15) is 17.3 Å². The zero-order chi connectivity index (χ0) is 21.1. The van der Waals surface area contributed by atoms with Crippen molar-refractivity contribution >= 4 is 29.3 Å². The standard InChI is InChI=1S/C20H16ClFN6O2/c1-29-13-7-6-12(16(10-13)30-2)11-23-24-17-8-9-18-25-26-20(28(18)27-17)19-14(21)4-3-5-15(19)22/h3-11H,1-2H3,(H,24,27)/b23-11-. The van der Waals surface area contributed by atoms with Crippen LogP contribution < -0.4 is 14.9 Å². The first-order valence-corrected chi connectivity index (χ1v) is 9.16. The first-order chi connectivity index (χ1) is 14.6. The van der Waals surface area contributed by atoms with E-state index in [9.17, 15) is 4.39 Å². The summed E-state index contributed by atoms with van der Waals surface area (Å²) in [6, 6.07) is 13.1. The molecule has 0 aliphatic carbocycles. The summed E-state index contributed by atoms with van der Waals surface area (Å²) >= 11 is 6.15. The Kier molecular flexibility index (Phi) is 5.44. The summed E-state index contributed by atoms with van der Waals surface area (Å²) in [5.41, 5.74) is 4.14. The van der Waals surface area contributed by atoms with Crippen LogP contribution in [-0.4, -0.2) is 40.2 Å². The Labute approximate surface area is 175 Å². The predicted molar refractivity (Wildman–Crippen MR) is 112 cm³/mol. The molecule has 4 rings (SSSR count). The molecule has 0 radical (unpaired) electrons. The zero-order valence-corrected chi connectivity index (χ0v) is 16.8. The van der Waals surface area contributed by atoms with Crippen LogP contribution >= 0.6 is 11.6 Å². The van der Waals surface area contributed by atoms with E-state index in [-0.39, 0.29) is 16.4 Å². The topological polar surface area (TPSA) is 85.9 Å². The highest BCUT2D eigenvalue weighted by atomic mass is 35.5. The third-order valence-corrected chi connectivity index (χ3v) is 4.59. The van der Waals surface area contributed by atoms with E-state index < -0.39 is 5.82 Å². The van der Waals surface area contributed by atoms with E-state index in [4.69, 9.17) is 21.1 Å². The van der Waals surface area contributed by atoms with Gasteiger partial charge in [-0.2, -0.15) is 9.62 Å². The lowest BCUT2D eigenvalue weighted by Gasteiger charge is -2.07. The van der Waals surface area contributed by atoms with Gasteiger partial charge >= 0.3 is 0 Å². The fraction of sp³-hybridized carbons (Fsp3) is 0.100. The summed E-state index contributed by atoms with van der Waals surface area (Å²) in [7, 11) is 3.15. The average Bonchev–Trinajstić information content (AvgIpc) is 3.17. The second kappa shape index (κ2) is 8.34. The van der Waals surface area contributed by atoms with E-state index in [0.717, 1.165) is 5.56 Å². The van der Waals surface area contributed by atoms with Gasteiger partial charge < -0.3 is 9.47 Å². The molecule has 0 aliphatic rings. The van der Waals surface area contributed by atoms with Crippen LogP contribution in [0.5, 0.6) is 11.5 Å². The molecule has 4 aromatic rings. The van der Waals surface area contributed by atoms with Crippen LogP contribution in [0.25, 0.3) is 17.0 Å². The molecule has 0 saturated carbocycles. The van der Waals surface area contributed by atoms with Crippen LogP contribution in [0.1, 0.15) is 5.56 Å². The highest BCUT2D eigenvalue weighted by Crippen LogP contribution is 2.29. The molecule has 0 saturated heterocycles.